The molecule has 16 heavy (non-hydrogen) atoms. The molecule has 0 bridgehead atoms. The second-order valence-corrected chi connectivity index (χ2v) is 4.15. The van der Waals surface area contributed by atoms with Crippen molar-refractivity contribution < 1.29 is 17.6 Å². The highest BCUT2D eigenvalue weighted by Gasteiger charge is 2.27. The highest BCUT2D eigenvalue weighted by molar-refractivity contribution is 9.10. The Kier molecular flexibility index (Phi) is 4.82. The zero-order valence-corrected chi connectivity index (χ0v) is 9.94. The largest absolute Gasteiger partial charge is 0.453 e. The normalized spacial score (nSPS) is 14.1. The van der Waals surface area contributed by atoms with Crippen molar-refractivity contribution in [2.45, 2.75) is 31.5 Å². The third-order valence-electron chi connectivity index (χ3n) is 2.09. The molecule has 0 radical (unpaired) electrons. The lowest BCUT2D eigenvalue weighted by Gasteiger charge is -2.13. The fraction of sp³-hybridized carbons (Fsp3) is 0.556. The summed E-state index contributed by atoms with van der Waals surface area (Å²) in [7, 11) is 0. The molecule has 1 atom stereocenters. The molecular weight excluding hydrogens is 289 g/mol. The molecular formula is C9H12BrF3N2O. The van der Waals surface area contributed by atoms with Crippen molar-refractivity contribution >= 4 is 15.9 Å². The average molecular weight is 301 g/mol. The standard InChI is InChI=1S/C9H12BrF3N2O/c10-8-4-3-7(16-8)6(15-14)2-1-5-9(11,12)13/h3-4,6,15H,1-2,5,14H2. The molecule has 1 aromatic rings. The Balaban J connectivity index is 2.44. The van der Waals surface area contributed by atoms with Gasteiger partial charge in [-0.05, 0) is 40.9 Å². The van der Waals surface area contributed by atoms with E-state index >= 15 is 0 Å². The molecule has 0 amide bonds. The maximum absolute atomic E-state index is 11.9. The molecule has 0 aromatic carbocycles. The van der Waals surface area contributed by atoms with Gasteiger partial charge in [0.25, 0.3) is 0 Å². The van der Waals surface area contributed by atoms with E-state index in [0.717, 1.165) is 0 Å². The van der Waals surface area contributed by atoms with Gasteiger partial charge in [0, 0.05) is 6.42 Å². The van der Waals surface area contributed by atoms with Crippen molar-refractivity contribution in [3.63, 3.8) is 0 Å². The van der Waals surface area contributed by atoms with Crippen molar-refractivity contribution in [3.05, 3.63) is 22.6 Å². The SMILES string of the molecule is NNC(CCCC(F)(F)F)c1ccc(Br)o1. The van der Waals surface area contributed by atoms with E-state index in [4.69, 9.17) is 10.3 Å². The van der Waals surface area contributed by atoms with Gasteiger partial charge in [0.1, 0.15) is 5.76 Å². The van der Waals surface area contributed by atoms with E-state index in [1.807, 2.05) is 0 Å². The predicted molar refractivity (Wildman–Crippen MR) is 56.4 cm³/mol. The van der Waals surface area contributed by atoms with Gasteiger partial charge in [-0.2, -0.15) is 13.2 Å². The number of furan rings is 1. The number of hydrazine groups is 1. The highest BCUT2D eigenvalue weighted by atomic mass is 79.9. The third kappa shape index (κ3) is 4.54. The van der Waals surface area contributed by atoms with E-state index in [2.05, 4.69) is 21.4 Å². The third-order valence-corrected chi connectivity index (χ3v) is 2.52. The number of alkyl halides is 3. The molecule has 1 rings (SSSR count). The monoisotopic (exact) mass is 300 g/mol. The van der Waals surface area contributed by atoms with Crippen LogP contribution in [0, 0.1) is 0 Å². The average Bonchev–Trinajstić information content (AvgIpc) is 2.58. The van der Waals surface area contributed by atoms with Crippen LogP contribution in [0.2, 0.25) is 0 Å². The van der Waals surface area contributed by atoms with Crippen LogP contribution < -0.4 is 11.3 Å². The number of rotatable bonds is 5. The molecule has 3 nitrogen and oxygen atoms in total. The van der Waals surface area contributed by atoms with E-state index in [1.54, 1.807) is 12.1 Å². The number of nitrogens with two attached hydrogens (primary N) is 1. The van der Waals surface area contributed by atoms with Crippen molar-refractivity contribution in [2.24, 2.45) is 5.84 Å². The molecule has 1 unspecified atom stereocenters. The van der Waals surface area contributed by atoms with Crippen molar-refractivity contribution in [2.75, 3.05) is 0 Å². The van der Waals surface area contributed by atoms with Gasteiger partial charge >= 0.3 is 6.18 Å². The molecule has 0 spiro atoms. The van der Waals surface area contributed by atoms with Crippen molar-refractivity contribution in [1.29, 1.82) is 0 Å². The lowest BCUT2D eigenvalue weighted by atomic mass is 10.1. The second-order valence-electron chi connectivity index (χ2n) is 3.37. The Morgan fingerprint density at radius 1 is 1.44 bits per heavy atom. The first-order valence-electron chi connectivity index (χ1n) is 4.70. The number of halogens is 4. The molecule has 1 heterocycles. The van der Waals surface area contributed by atoms with Crippen LogP contribution >= 0.6 is 15.9 Å². The molecule has 0 aliphatic rings. The van der Waals surface area contributed by atoms with Gasteiger partial charge in [-0.3, -0.25) is 5.84 Å². The van der Waals surface area contributed by atoms with Gasteiger partial charge in [0.05, 0.1) is 6.04 Å². The molecule has 92 valence electrons. The summed E-state index contributed by atoms with van der Waals surface area (Å²) in [6.07, 6.45) is -4.65. The first-order chi connectivity index (χ1) is 7.42. The summed E-state index contributed by atoms with van der Waals surface area (Å²) in [6, 6.07) is 2.94. The fourth-order valence-corrected chi connectivity index (χ4v) is 1.65. The van der Waals surface area contributed by atoms with Crippen LogP contribution in [-0.4, -0.2) is 6.18 Å². The van der Waals surface area contributed by atoms with Crippen LogP contribution in [0.15, 0.2) is 21.2 Å². The van der Waals surface area contributed by atoms with Crippen LogP contribution in [0.5, 0.6) is 0 Å². The van der Waals surface area contributed by atoms with E-state index in [-0.39, 0.29) is 12.8 Å². The van der Waals surface area contributed by atoms with Gasteiger partial charge < -0.3 is 4.42 Å². The zero-order valence-electron chi connectivity index (χ0n) is 8.35. The van der Waals surface area contributed by atoms with Gasteiger partial charge in [0.15, 0.2) is 4.67 Å². The minimum Gasteiger partial charge on any atom is -0.453 e. The Morgan fingerprint density at radius 3 is 2.56 bits per heavy atom. The summed E-state index contributed by atoms with van der Waals surface area (Å²) in [6.45, 7) is 0. The van der Waals surface area contributed by atoms with Crippen LogP contribution in [0.4, 0.5) is 13.2 Å². The van der Waals surface area contributed by atoms with E-state index < -0.39 is 18.6 Å². The lowest BCUT2D eigenvalue weighted by Crippen LogP contribution is -2.28. The lowest BCUT2D eigenvalue weighted by molar-refractivity contribution is -0.135. The topological polar surface area (TPSA) is 51.2 Å². The van der Waals surface area contributed by atoms with E-state index in [1.165, 1.54) is 0 Å². The highest BCUT2D eigenvalue weighted by Crippen LogP contribution is 2.27. The molecule has 0 saturated heterocycles. The van der Waals surface area contributed by atoms with Crippen molar-refractivity contribution in [1.82, 2.24) is 5.43 Å². The van der Waals surface area contributed by atoms with Crippen LogP contribution in [0.25, 0.3) is 0 Å². The smallest absolute Gasteiger partial charge is 0.389 e. The van der Waals surface area contributed by atoms with Crippen LogP contribution in [0.1, 0.15) is 31.1 Å². The summed E-state index contributed by atoms with van der Waals surface area (Å²) < 4.78 is 41.5. The van der Waals surface area contributed by atoms with E-state index in [9.17, 15) is 13.2 Å². The Morgan fingerprint density at radius 2 is 2.12 bits per heavy atom. The van der Waals surface area contributed by atoms with Crippen LogP contribution in [-0.2, 0) is 0 Å². The first-order valence-corrected chi connectivity index (χ1v) is 5.50. The Bertz CT molecular complexity index is 327. The molecule has 0 aliphatic carbocycles. The Labute approximate surface area is 99.3 Å². The number of hydrogen-bond acceptors (Lipinski definition) is 3. The summed E-state index contributed by atoms with van der Waals surface area (Å²) in [5.41, 5.74) is 2.44. The first kappa shape index (κ1) is 13.5. The summed E-state index contributed by atoms with van der Waals surface area (Å²) in [5.74, 6) is 5.78. The molecule has 0 fully saturated rings. The maximum Gasteiger partial charge on any atom is 0.389 e. The maximum atomic E-state index is 11.9. The summed E-state index contributed by atoms with van der Waals surface area (Å²) >= 11 is 3.11. The molecule has 0 aliphatic heterocycles. The predicted octanol–water partition coefficient (Wildman–Crippen LogP) is 3.28. The quantitative estimate of drug-likeness (QED) is 0.648. The molecule has 0 saturated carbocycles. The minimum absolute atomic E-state index is 0.0106. The van der Waals surface area contributed by atoms with Crippen molar-refractivity contribution in [3.8, 4) is 0 Å². The molecule has 3 N–H and O–H groups in total. The second kappa shape index (κ2) is 5.70. The zero-order chi connectivity index (χ0) is 12.2. The van der Waals surface area contributed by atoms with Gasteiger partial charge in [-0.25, -0.2) is 5.43 Å². The van der Waals surface area contributed by atoms with Gasteiger partial charge in [-0.1, -0.05) is 0 Å². The van der Waals surface area contributed by atoms with Gasteiger partial charge in [-0.15, -0.1) is 0 Å². The van der Waals surface area contributed by atoms with Crippen LogP contribution in [0.3, 0.4) is 0 Å². The summed E-state index contributed by atoms with van der Waals surface area (Å²) in [5, 5.41) is 0. The minimum atomic E-state index is -4.12. The summed E-state index contributed by atoms with van der Waals surface area (Å²) in [4.78, 5) is 0. The van der Waals surface area contributed by atoms with Gasteiger partial charge in [0.2, 0.25) is 0 Å². The number of nitrogens with one attached hydrogen (secondary N) is 1. The number of hydrogen-bond donors (Lipinski definition) is 2. The molecule has 1 aromatic heterocycles. The van der Waals surface area contributed by atoms with E-state index in [0.29, 0.717) is 10.4 Å². The molecule has 7 heteroatoms. The Hall–Kier alpha value is -0.530. The fourth-order valence-electron chi connectivity index (χ4n) is 1.33.